The summed E-state index contributed by atoms with van der Waals surface area (Å²) in [7, 11) is 1.37. The van der Waals surface area contributed by atoms with Crippen molar-refractivity contribution in [2.75, 3.05) is 7.11 Å². The zero-order valence-electron chi connectivity index (χ0n) is 7.97. The lowest BCUT2D eigenvalue weighted by Crippen LogP contribution is -1.98. The number of ether oxygens (including phenoxy) is 1. The monoisotopic (exact) mass is 169 g/mol. The molecular weight excluding hydrogens is 154 g/mol. The van der Waals surface area contributed by atoms with E-state index in [2.05, 4.69) is 9.72 Å². The molecule has 0 aromatic carbocycles. The first-order chi connectivity index (χ1) is 5.74. The normalized spacial score (nSPS) is 8.33. The zero-order chi connectivity index (χ0) is 9.56. The first kappa shape index (κ1) is 10.8. The lowest BCUT2D eigenvalue weighted by Gasteiger charge is -1.90. The van der Waals surface area contributed by atoms with Crippen LogP contribution >= 0.6 is 0 Å². The Balaban J connectivity index is 0.000000561. The molecule has 0 atom stereocenters. The van der Waals surface area contributed by atoms with Crippen molar-refractivity contribution in [3.8, 4) is 0 Å². The van der Waals surface area contributed by atoms with Gasteiger partial charge in [-0.2, -0.15) is 0 Å². The fraction of sp³-hybridized carbons (Fsp3) is 0.444. The van der Waals surface area contributed by atoms with Crippen LogP contribution in [0.3, 0.4) is 0 Å². The van der Waals surface area contributed by atoms with Crippen molar-refractivity contribution in [2.24, 2.45) is 0 Å². The number of rotatable bonds is 1. The van der Waals surface area contributed by atoms with E-state index >= 15 is 0 Å². The number of nitrogens with one attached hydrogen (secondary N) is 1. The van der Waals surface area contributed by atoms with Crippen molar-refractivity contribution in [1.29, 1.82) is 0 Å². The summed E-state index contributed by atoms with van der Waals surface area (Å²) in [5.41, 5.74) is 1.53. The van der Waals surface area contributed by atoms with E-state index in [1.165, 1.54) is 7.11 Å². The fourth-order valence-corrected chi connectivity index (χ4v) is 0.744. The minimum Gasteiger partial charge on any atom is -0.465 e. The summed E-state index contributed by atoms with van der Waals surface area (Å²) < 4.78 is 4.49. The molecule has 0 fully saturated rings. The van der Waals surface area contributed by atoms with Gasteiger partial charge < -0.3 is 9.72 Å². The van der Waals surface area contributed by atoms with Crippen LogP contribution in [0.4, 0.5) is 0 Å². The van der Waals surface area contributed by atoms with E-state index in [0.29, 0.717) is 5.56 Å². The van der Waals surface area contributed by atoms with Crippen LogP contribution in [-0.2, 0) is 4.74 Å². The van der Waals surface area contributed by atoms with E-state index in [4.69, 9.17) is 0 Å². The number of hydrogen-bond acceptors (Lipinski definition) is 2. The summed E-state index contributed by atoms with van der Waals surface area (Å²) in [5, 5.41) is 0. The molecule has 1 rings (SSSR count). The van der Waals surface area contributed by atoms with E-state index in [1.807, 2.05) is 20.8 Å². The first-order valence-corrected chi connectivity index (χ1v) is 3.97. The molecule has 0 aliphatic carbocycles. The standard InChI is InChI=1S/C7H9NO2.C2H6/c1-5-3-6(4-8-5)7(9)10-2;1-2/h3-4,8H,1-2H3;1-2H3. The van der Waals surface area contributed by atoms with Crippen molar-refractivity contribution in [2.45, 2.75) is 20.8 Å². The number of aromatic nitrogens is 1. The van der Waals surface area contributed by atoms with Crippen molar-refractivity contribution in [3.63, 3.8) is 0 Å². The maximum Gasteiger partial charge on any atom is 0.339 e. The van der Waals surface area contributed by atoms with Crippen LogP contribution < -0.4 is 0 Å². The van der Waals surface area contributed by atoms with E-state index in [9.17, 15) is 4.79 Å². The lowest BCUT2D eigenvalue weighted by atomic mass is 10.3. The van der Waals surface area contributed by atoms with Crippen LogP contribution in [0, 0.1) is 6.92 Å². The van der Waals surface area contributed by atoms with Gasteiger partial charge in [0, 0.05) is 11.9 Å². The number of H-pyrrole nitrogens is 1. The molecule has 0 aliphatic rings. The molecule has 0 bridgehead atoms. The minimum atomic E-state index is -0.302. The van der Waals surface area contributed by atoms with Crippen molar-refractivity contribution in [3.05, 3.63) is 23.5 Å². The van der Waals surface area contributed by atoms with E-state index in [1.54, 1.807) is 12.3 Å². The molecule has 0 aliphatic heterocycles. The zero-order valence-corrected chi connectivity index (χ0v) is 7.97. The van der Waals surface area contributed by atoms with Crippen LogP contribution in [0.5, 0.6) is 0 Å². The Hall–Kier alpha value is -1.25. The molecule has 68 valence electrons. The van der Waals surface area contributed by atoms with E-state index in [0.717, 1.165) is 5.69 Å². The number of aryl methyl sites for hydroxylation is 1. The Labute approximate surface area is 72.7 Å². The van der Waals surface area contributed by atoms with Gasteiger partial charge in [-0.1, -0.05) is 13.8 Å². The Morgan fingerprint density at radius 1 is 1.50 bits per heavy atom. The number of carbonyl (C=O) groups is 1. The molecule has 0 radical (unpaired) electrons. The Kier molecular flexibility index (Phi) is 4.84. The second kappa shape index (κ2) is 5.41. The number of hydrogen-bond donors (Lipinski definition) is 1. The predicted molar refractivity (Wildman–Crippen MR) is 48.2 cm³/mol. The highest BCUT2D eigenvalue weighted by Gasteiger charge is 2.04. The quantitative estimate of drug-likeness (QED) is 0.654. The van der Waals surface area contributed by atoms with Crippen molar-refractivity contribution >= 4 is 5.97 Å². The first-order valence-electron chi connectivity index (χ1n) is 3.97. The smallest absolute Gasteiger partial charge is 0.339 e. The topological polar surface area (TPSA) is 42.1 Å². The summed E-state index contributed by atoms with van der Waals surface area (Å²) in [5.74, 6) is -0.302. The van der Waals surface area contributed by atoms with Gasteiger partial charge in [-0.05, 0) is 13.0 Å². The Bertz CT molecular complexity index is 240. The molecule has 0 spiro atoms. The van der Waals surface area contributed by atoms with Crippen molar-refractivity contribution in [1.82, 2.24) is 4.98 Å². The third-order valence-corrected chi connectivity index (χ3v) is 1.25. The Morgan fingerprint density at radius 2 is 2.08 bits per heavy atom. The second-order valence-electron chi connectivity index (χ2n) is 2.06. The maximum absolute atomic E-state index is 10.8. The highest BCUT2D eigenvalue weighted by molar-refractivity contribution is 5.89. The molecule has 12 heavy (non-hydrogen) atoms. The summed E-state index contributed by atoms with van der Waals surface area (Å²) in [4.78, 5) is 13.7. The summed E-state index contributed by atoms with van der Waals surface area (Å²) in [6, 6.07) is 1.74. The van der Waals surface area contributed by atoms with E-state index in [-0.39, 0.29) is 5.97 Å². The van der Waals surface area contributed by atoms with Gasteiger partial charge in [-0.15, -0.1) is 0 Å². The maximum atomic E-state index is 10.8. The predicted octanol–water partition coefficient (Wildman–Crippen LogP) is 2.14. The molecule has 0 unspecified atom stereocenters. The molecule has 0 saturated heterocycles. The molecule has 3 nitrogen and oxygen atoms in total. The number of carbonyl (C=O) groups excluding carboxylic acids is 1. The van der Waals surface area contributed by atoms with Gasteiger partial charge in [0.15, 0.2) is 0 Å². The van der Waals surface area contributed by atoms with Crippen LogP contribution in [0.2, 0.25) is 0 Å². The molecule has 1 aromatic heterocycles. The number of aromatic amines is 1. The summed E-state index contributed by atoms with van der Waals surface area (Å²) in [6.07, 6.45) is 1.63. The van der Waals surface area contributed by atoms with Crippen LogP contribution in [0.1, 0.15) is 29.9 Å². The van der Waals surface area contributed by atoms with Crippen LogP contribution in [0.15, 0.2) is 12.3 Å². The third-order valence-electron chi connectivity index (χ3n) is 1.25. The molecule has 1 N–H and O–H groups in total. The van der Waals surface area contributed by atoms with Gasteiger partial charge in [0.25, 0.3) is 0 Å². The molecule has 0 saturated carbocycles. The average molecular weight is 169 g/mol. The third kappa shape index (κ3) is 2.78. The van der Waals surface area contributed by atoms with Crippen molar-refractivity contribution < 1.29 is 9.53 Å². The van der Waals surface area contributed by atoms with Gasteiger partial charge in [0.05, 0.1) is 12.7 Å². The second-order valence-corrected chi connectivity index (χ2v) is 2.06. The van der Waals surface area contributed by atoms with Gasteiger partial charge in [0.1, 0.15) is 0 Å². The minimum absolute atomic E-state index is 0.302. The van der Waals surface area contributed by atoms with Gasteiger partial charge in [-0.25, -0.2) is 4.79 Å². The van der Waals surface area contributed by atoms with Gasteiger partial charge in [-0.3, -0.25) is 0 Å². The average Bonchev–Trinajstić information content (AvgIpc) is 2.54. The molecule has 3 heteroatoms. The SMILES string of the molecule is CC.COC(=O)c1c[nH]c(C)c1. The highest BCUT2D eigenvalue weighted by Crippen LogP contribution is 2.02. The molecular formula is C9H15NO2. The summed E-state index contributed by atoms with van der Waals surface area (Å²) in [6.45, 7) is 5.88. The van der Waals surface area contributed by atoms with Crippen LogP contribution in [-0.4, -0.2) is 18.1 Å². The van der Waals surface area contributed by atoms with Crippen LogP contribution in [0.25, 0.3) is 0 Å². The van der Waals surface area contributed by atoms with Gasteiger partial charge in [0.2, 0.25) is 0 Å². The summed E-state index contributed by atoms with van der Waals surface area (Å²) >= 11 is 0. The molecule has 1 aromatic rings. The van der Waals surface area contributed by atoms with E-state index < -0.39 is 0 Å². The number of methoxy groups -OCH3 is 1. The highest BCUT2D eigenvalue weighted by atomic mass is 16.5. The Morgan fingerprint density at radius 3 is 2.42 bits per heavy atom. The largest absolute Gasteiger partial charge is 0.465 e. The molecule has 1 heterocycles. The molecule has 0 amide bonds. The fourth-order valence-electron chi connectivity index (χ4n) is 0.744. The number of esters is 1. The lowest BCUT2D eigenvalue weighted by molar-refractivity contribution is 0.0601. The van der Waals surface area contributed by atoms with Gasteiger partial charge >= 0.3 is 5.97 Å².